The molecule has 0 aromatic carbocycles. The van der Waals surface area contributed by atoms with Crippen molar-refractivity contribution in [1.82, 2.24) is 15.3 Å². The summed E-state index contributed by atoms with van der Waals surface area (Å²) in [5, 5.41) is 6.25. The molecule has 1 fully saturated rings. The van der Waals surface area contributed by atoms with Crippen LogP contribution in [0, 0.1) is 0 Å². The molecule has 110 valence electrons. The molecular weight excluding hydrogens is 252 g/mol. The maximum absolute atomic E-state index is 12.1. The van der Waals surface area contributed by atoms with Crippen LogP contribution in [-0.2, 0) is 0 Å². The summed E-state index contributed by atoms with van der Waals surface area (Å²) in [7, 11) is 0. The molecule has 1 amide bonds. The lowest BCUT2D eigenvalue weighted by atomic mass is 9.96. The van der Waals surface area contributed by atoms with Crippen molar-refractivity contribution in [3.05, 3.63) is 18.0 Å². The van der Waals surface area contributed by atoms with Gasteiger partial charge in [0.2, 0.25) is 5.95 Å². The van der Waals surface area contributed by atoms with Crippen LogP contribution in [0.2, 0.25) is 0 Å². The summed E-state index contributed by atoms with van der Waals surface area (Å²) in [6.45, 7) is 5.85. The highest BCUT2D eigenvalue weighted by Crippen LogP contribution is 2.20. The third-order valence-corrected chi connectivity index (χ3v) is 3.32. The molecule has 0 unspecified atom stereocenters. The van der Waals surface area contributed by atoms with Gasteiger partial charge < -0.3 is 10.6 Å². The van der Waals surface area contributed by atoms with E-state index in [9.17, 15) is 4.79 Å². The molecular formula is C15H24N4O. The van der Waals surface area contributed by atoms with E-state index in [0.717, 1.165) is 12.8 Å². The highest BCUT2D eigenvalue weighted by atomic mass is 16.2. The van der Waals surface area contributed by atoms with Gasteiger partial charge >= 0.3 is 0 Å². The van der Waals surface area contributed by atoms with Crippen LogP contribution in [0.25, 0.3) is 0 Å². The van der Waals surface area contributed by atoms with Gasteiger partial charge in [0.1, 0.15) is 5.69 Å². The largest absolute Gasteiger partial charge is 0.351 e. The van der Waals surface area contributed by atoms with E-state index in [1.54, 1.807) is 12.3 Å². The first-order valence-corrected chi connectivity index (χ1v) is 7.36. The summed E-state index contributed by atoms with van der Waals surface area (Å²) in [5.74, 6) is 0.394. The number of rotatable bonds is 3. The van der Waals surface area contributed by atoms with Gasteiger partial charge in [-0.15, -0.1) is 0 Å². The van der Waals surface area contributed by atoms with Crippen LogP contribution in [-0.4, -0.2) is 27.5 Å². The normalized spacial score (nSPS) is 16.8. The first kappa shape index (κ1) is 14.8. The highest BCUT2D eigenvalue weighted by Gasteiger charge is 2.18. The van der Waals surface area contributed by atoms with Crippen LogP contribution in [0.4, 0.5) is 5.95 Å². The first-order chi connectivity index (χ1) is 9.44. The third-order valence-electron chi connectivity index (χ3n) is 3.32. The average molecular weight is 276 g/mol. The van der Waals surface area contributed by atoms with Crippen molar-refractivity contribution < 1.29 is 4.79 Å². The predicted octanol–water partition coefficient (Wildman–Crippen LogP) is 2.75. The Morgan fingerprint density at radius 2 is 1.95 bits per heavy atom. The molecule has 0 bridgehead atoms. The molecule has 1 heterocycles. The third kappa shape index (κ3) is 4.47. The fourth-order valence-electron chi connectivity index (χ4n) is 2.39. The Kier molecular flexibility index (Phi) is 4.57. The fourth-order valence-corrected chi connectivity index (χ4v) is 2.39. The number of aromatic nitrogens is 2. The SMILES string of the molecule is CC(C)(C)NC(=O)c1ccnc(NC2CCCCC2)n1. The van der Waals surface area contributed by atoms with E-state index in [-0.39, 0.29) is 11.4 Å². The topological polar surface area (TPSA) is 66.9 Å². The molecule has 1 aromatic heterocycles. The molecule has 2 rings (SSSR count). The molecule has 1 aliphatic rings. The molecule has 0 spiro atoms. The number of nitrogens with one attached hydrogen (secondary N) is 2. The summed E-state index contributed by atoms with van der Waals surface area (Å²) >= 11 is 0. The first-order valence-electron chi connectivity index (χ1n) is 7.36. The van der Waals surface area contributed by atoms with E-state index in [2.05, 4.69) is 20.6 Å². The maximum Gasteiger partial charge on any atom is 0.270 e. The number of carbonyl (C=O) groups excluding carboxylic acids is 1. The van der Waals surface area contributed by atoms with Crippen molar-refractivity contribution in [1.29, 1.82) is 0 Å². The van der Waals surface area contributed by atoms with Gasteiger partial charge in [-0.1, -0.05) is 19.3 Å². The van der Waals surface area contributed by atoms with E-state index >= 15 is 0 Å². The Morgan fingerprint density at radius 3 is 2.60 bits per heavy atom. The van der Waals surface area contributed by atoms with E-state index in [0.29, 0.717) is 17.7 Å². The van der Waals surface area contributed by atoms with Crippen LogP contribution < -0.4 is 10.6 Å². The molecule has 0 radical (unpaired) electrons. The molecule has 0 aliphatic heterocycles. The minimum atomic E-state index is -0.265. The van der Waals surface area contributed by atoms with Crippen molar-refractivity contribution in [2.24, 2.45) is 0 Å². The lowest BCUT2D eigenvalue weighted by Crippen LogP contribution is -2.41. The lowest BCUT2D eigenvalue weighted by molar-refractivity contribution is 0.0914. The summed E-state index contributed by atoms with van der Waals surface area (Å²) in [4.78, 5) is 20.6. The molecule has 1 aromatic rings. The Hall–Kier alpha value is -1.65. The van der Waals surface area contributed by atoms with Gasteiger partial charge in [-0.3, -0.25) is 4.79 Å². The number of amides is 1. The van der Waals surface area contributed by atoms with Crippen molar-refractivity contribution in [3.8, 4) is 0 Å². The van der Waals surface area contributed by atoms with Crippen LogP contribution in [0.3, 0.4) is 0 Å². The molecule has 2 N–H and O–H groups in total. The molecule has 0 saturated heterocycles. The van der Waals surface area contributed by atoms with Crippen LogP contribution >= 0.6 is 0 Å². The van der Waals surface area contributed by atoms with Crippen LogP contribution in [0.15, 0.2) is 12.3 Å². The molecule has 20 heavy (non-hydrogen) atoms. The minimum Gasteiger partial charge on any atom is -0.351 e. The van der Waals surface area contributed by atoms with E-state index in [4.69, 9.17) is 0 Å². The summed E-state index contributed by atoms with van der Waals surface area (Å²) in [6.07, 6.45) is 7.76. The Bertz CT molecular complexity index is 461. The van der Waals surface area contributed by atoms with Gasteiger partial charge in [0.25, 0.3) is 5.91 Å². The monoisotopic (exact) mass is 276 g/mol. The Balaban J connectivity index is 2.01. The number of nitrogens with zero attached hydrogens (tertiary/aromatic N) is 2. The van der Waals surface area contributed by atoms with E-state index in [1.165, 1.54) is 19.3 Å². The predicted molar refractivity (Wildman–Crippen MR) is 79.7 cm³/mol. The number of anilines is 1. The van der Waals surface area contributed by atoms with Gasteiger partial charge in [0.15, 0.2) is 0 Å². The van der Waals surface area contributed by atoms with Crippen molar-refractivity contribution in [3.63, 3.8) is 0 Å². The van der Waals surface area contributed by atoms with Gasteiger partial charge in [-0.05, 0) is 39.7 Å². The van der Waals surface area contributed by atoms with Gasteiger partial charge in [-0.25, -0.2) is 9.97 Å². The second-order valence-electron chi connectivity index (χ2n) is 6.45. The average Bonchev–Trinajstić information content (AvgIpc) is 2.38. The number of hydrogen-bond acceptors (Lipinski definition) is 4. The Morgan fingerprint density at radius 1 is 1.25 bits per heavy atom. The second kappa shape index (κ2) is 6.20. The summed E-state index contributed by atoms with van der Waals surface area (Å²) in [5.41, 5.74) is 0.146. The smallest absolute Gasteiger partial charge is 0.270 e. The van der Waals surface area contributed by atoms with E-state index < -0.39 is 0 Å². The number of carbonyl (C=O) groups is 1. The molecule has 0 atom stereocenters. The van der Waals surface area contributed by atoms with Crippen LogP contribution in [0.5, 0.6) is 0 Å². The molecule has 5 heteroatoms. The highest BCUT2D eigenvalue weighted by molar-refractivity contribution is 5.92. The quantitative estimate of drug-likeness (QED) is 0.891. The lowest BCUT2D eigenvalue weighted by Gasteiger charge is -2.23. The zero-order valence-corrected chi connectivity index (χ0v) is 12.6. The molecule has 1 aliphatic carbocycles. The zero-order valence-electron chi connectivity index (χ0n) is 12.6. The van der Waals surface area contributed by atoms with Gasteiger partial charge in [-0.2, -0.15) is 0 Å². The van der Waals surface area contributed by atoms with E-state index in [1.807, 2.05) is 20.8 Å². The van der Waals surface area contributed by atoms with Crippen molar-refractivity contribution in [2.45, 2.75) is 64.5 Å². The fraction of sp³-hybridized carbons (Fsp3) is 0.667. The van der Waals surface area contributed by atoms with Gasteiger partial charge in [0, 0.05) is 17.8 Å². The Labute approximate surface area is 120 Å². The zero-order chi connectivity index (χ0) is 14.6. The summed E-state index contributed by atoms with van der Waals surface area (Å²) in [6, 6.07) is 2.08. The minimum absolute atomic E-state index is 0.161. The van der Waals surface area contributed by atoms with Crippen molar-refractivity contribution >= 4 is 11.9 Å². The summed E-state index contributed by atoms with van der Waals surface area (Å²) < 4.78 is 0. The van der Waals surface area contributed by atoms with Crippen molar-refractivity contribution in [2.75, 3.05) is 5.32 Å². The molecule has 5 nitrogen and oxygen atoms in total. The maximum atomic E-state index is 12.1. The second-order valence-corrected chi connectivity index (χ2v) is 6.45. The number of hydrogen-bond donors (Lipinski definition) is 2. The van der Waals surface area contributed by atoms with Gasteiger partial charge in [0.05, 0.1) is 0 Å². The molecule has 1 saturated carbocycles. The standard InChI is InChI=1S/C15H24N4O/c1-15(2,3)19-13(20)12-9-10-16-14(18-12)17-11-7-5-4-6-8-11/h9-11H,4-8H2,1-3H3,(H,19,20)(H,16,17,18). The van der Waals surface area contributed by atoms with Crippen LogP contribution in [0.1, 0.15) is 63.4 Å².